The summed E-state index contributed by atoms with van der Waals surface area (Å²) in [6.45, 7) is 3.69. The Morgan fingerprint density at radius 1 is 1.03 bits per heavy atom. The van der Waals surface area contributed by atoms with Gasteiger partial charge in [0.25, 0.3) is 10.0 Å². The molecule has 0 unspecified atom stereocenters. The van der Waals surface area contributed by atoms with Crippen molar-refractivity contribution in [2.24, 2.45) is 0 Å². The van der Waals surface area contributed by atoms with Crippen LogP contribution in [-0.4, -0.2) is 34.5 Å². The quantitative estimate of drug-likeness (QED) is 0.401. The Morgan fingerprint density at radius 2 is 1.74 bits per heavy atom. The van der Waals surface area contributed by atoms with E-state index < -0.39 is 10.0 Å². The Kier molecular flexibility index (Phi) is 8.58. The molecule has 8 heteroatoms. The smallest absolute Gasteiger partial charge is 0.264 e. The summed E-state index contributed by atoms with van der Waals surface area (Å²) in [6.07, 6.45) is 1.47. The Morgan fingerprint density at radius 3 is 2.44 bits per heavy atom. The molecule has 3 rings (SSSR count). The van der Waals surface area contributed by atoms with Gasteiger partial charge in [-0.15, -0.1) is 0 Å². The minimum absolute atomic E-state index is 0.114. The number of carbonyl (C=O) groups excluding carboxylic acids is 1. The summed E-state index contributed by atoms with van der Waals surface area (Å²) in [5.41, 5.74) is 3.01. The molecule has 0 bridgehead atoms. The number of aryl methyl sites for hydroxylation is 2. The fraction of sp³-hybridized carbons (Fsp3) is 0.269. The normalized spacial score (nSPS) is 11.2. The standard InChI is InChI=1S/C26H29ClN2O4S/c1-19-12-14-23(15-13-19)34(31,32)29(25-11-5-10-24(27)20(25)2)18-26(30)28-16-6-8-21-7-4-9-22(17-21)33-3/h4-5,7,9-15,17H,6,8,16,18H2,1-3H3,(H,28,30). The summed E-state index contributed by atoms with van der Waals surface area (Å²) >= 11 is 6.26. The van der Waals surface area contributed by atoms with Crippen molar-refractivity contribution >= 4 is 33.2 Å². The second-order valence-corrected chi connectivity index (χ2v) is 10.3. The number of nitrogens with zero attached hydrogens (tertiary/aromatic N) is 1. The lowest BCUT2D eigenvalue weighted by Crippen LogP contribution is -2.41. The van der Waals surface area contributed by atoms with Crippen LogP contribution >= 0.6 is 11.6 Å². The van der Waals surface area contributed by atoms with Gasteiger partial charge in [0.05, 0.1) is 17.7 Å². The molecule has 0 aliphatic rings. The zero-order valence-corrected chi connectivity index (χ0v) is 21.1. The van der Waals surface area contributed by atoms with E-state index in [0.717, 1.165) is 27.6 Å². The molecule has 1 N–H and O–H groups in total. The van der Waals surface area contributed by atoms with Crippen LogP contribution in [0, 0.1) is 13.8 Å². The highest BCUT2D eigenvalue weighted by Crippen LogP contribution is 2.30. The number of nitrogens with one attached hydrogen (secondary N) is 1. The summed E-state index contributed by atoms with van der Waals surface area (Å²) in [5, 5.41) is 3.27. The van der Waals surface area contributed by atoms with E-state index in [1.54, 1.807) is 56.5 Å². The average molecular weight is 501 g/mol. The first-order valence-corrected chi connectivity index (χ1v) is 12.8. The largest absolute Gasteiger partial charge is 0.497 e. The molecule has 0 spiro atoms. The van der Waals surface area contributed by atoms with E-state index >= 15 is 0 Å². The van der Waals surface area contributed by atoms with Crippen molar-refractivity contribution < 1.29 is 17.9 Å². The monoisotopic (exact) mass is 500 g/mol. The highest BCUT2D eigenvalue weighted by molar-refractivity contribution is 7.92. The van der Waals surface area contributed by atoms with E-state index in [-0.39, 0.29) is 17.3 Å². The predicted molar refractivity (Wildman–Crippen MR) is 136 cm³/mol. The number of hydrogen-bond acceptors (Lipinski definition) is 4. The van der Waals surface area contributed by atoms with E-state index in [2.05, 4.69) is 5.32 Å². The van der Waals surface area contributed by atoms with Crippen LogP contribution in [0.15, 0.2) is 71.6 Å². The van der Waals surface area contributed by atoms with Gasteiger partial charge in [0.1, 0.15) is 12.3 Å². The number of anilines is 1. The van der Waals surface area contributed by atoms with Gasteiger partial charge in [-0.05, 0) is 74.2 Å². The van der Waals surface area contributed by atoms with E-state index in [4.69, 9.17) is 16.3 Å². The van der Waals surface area contributed by atoms with Gasteiger partial charge in [-0.3, -0.25) is 9.10 Å². The highest BCUT2D eigenvalue weighted by atomic mass is 35.5. The van der Waals surface area contributed by atoms with Crippen LogP contribution in [0.2, 0.25) is 5.02 Å². The third kappa shape index (κ3) is 6.30. The van der Waals surface area contributed by atoms with Crippen LogP contribution in [0.25, 0.3) is 0 Å². The maximum Gasteiger partial charge on any atom is 0.264 e. The van der Waals surface area contributed by atoms with Gasteiger partial charge in [0, 0.05) is 11.6 Å². The zero-order valence-electron chi connectivity index (χ0n) is 19.5. The summed E-state index contributed by atoms with van der Waals surface area (Å²) in [6, 6.07) is 19.3. The molecule has 0 heterocycles. The van der Waals surface area contributed by atoms with Crippen LogP contribution in [-0.2, 0) is 21.2 Å². The number of amides is 1. The summed E-state index contributed by atoms with van der Waals surface area (Å²) in [4.78, 5) is 12.9. The molecular weight excluding hydrogens is 472 g/mol. The fourth-order valence-corrected chi connectivity index (χ4v) is 5.19. The molecule has 0 saturated carbocycles. The van der Waals surface area contributed by atoms with Gasteiger partial charge in [-0.2, -0.15) is 0 Å². The molecule has 0 atom stereocenters. The lowest BCUT2D eigenvalue weighted by Gasteiger charge is -2.26. The number of halogens is 1. The van der Waals surface area contributed by atoms with Crippen LogP contribution < -0.4 is 14.4 Å². The SMILES string of the molecule is COc1cccc(CCCNC(=O)CN(c2cccc(Cl)c2C)S(=O)(=O)c2ccc(C)cc2)c1. The van der Waals surface area contributed by atoms with Crippen LogP contribution in [0.3, 0.4) is 0 Å². The molecule has 0 aromatic heterocycles. The molecular formula is C26H29ClN2O4S. The molecule has 1 amide bonds. The Labute approximate surface area is 206 Å². The van der Waals surface area contributed by atoms with Crippen LogP contribution in [0.4, 0.5) is 5.69 Å². The van der Waals surface area contributed by atoms with Crippen molar-refractivity contribution in [3.05, 3.63) is 88.4 Å². The predicted octanol–water partition coefficient (Wildman–Crippen LogP) is 4.91. The van der Waals surface area contributed by atoms with Gasteiger partial charge in [-0.25, -0.2) is 8.42 Å². The number of benzene rings is 3. The number of hydrogen-bond donors (Lipinski definition) is 1. The van der Waals surface area contributed by atoms with Gasteiger partial charge in [0.2, 0.25) is 5.91 Å². The molecule has 0 fully saturated rings. The molecule has 0 radical (unpaired) electrons. The highest BCUT2D eigenvalue weighted by Gasteiger charge is 2.28. The van der Waals surface area contributed by atoms with Gasteiger partial charge in [0.15, 0.2) is 0 Å². The third-order valence-electron chi connectivity index (χ3n) is 5.50. The van der Waals surface area contributed by atoms with Crippen molar-refractivity contribution in [3.63, 3.8) is 0 Å². The van der Waals surface area contributed by atoms with Crippen molar-refractivity contribution in [1.82, 2.24) is 5.32 Å². The topological polar surface area (TPSA) is 75.7 Å². The van der Waals surface area contributed by atoms with E-state index in [1.807, 2.05) is 31.2 Å². The molecule has 3 aromatic rings. The molecule has 0 aliphatic heterocycles. The molecule has 6 nitrogen and oxygen atoms in total. The fourth-order valence-electron chi connectivity index (χ4n) is 3.54. The van der Waals surface area contributed by atoms with Crippen molar-refractivity contribution in [2.75, 3.05) is 24.5 Å². The first-order chi connectivity index (χ1) is 16.2. The zero-order chi connectivity index (χ0) is 24.7. The Balaban J connectivity index is 1.74. The number of methoxy groups -OCH3 is 1. The first kappa shape index (κ1) is 25.6. The Hall–Kier alpha value is -3.03. The summed E-state index contributed by atoms with van der Waals surface area (Å²) < 4.78 is 33.4. The second kappa shape index (κ2) is 11.4. The van der Waals surface area contributed by atoms with Gasteiger partial charge in [-0.1, -0.05) is 47.5 Å². The first-order valence-electron chi connectivity index (χ1n) is 11.0. The molecule has 34 heavy (non-hydrogen) atoms. The maximum absolute atomic E-state index is 13.5. The van der Waals surface area contributed by atoms with Gasteiger partial charge >= 0.3 is 0 Å². The van der Waals surface area contributed by atoms with Crippen LogP contribution in [0.5, 0.6) is 5.75 Å². The molecule has 3 aromatic carbocycles. The molecule has 180 valence electrons. The summed E-state index contributed by atoms with van der Waals surface area (Å²) in [7, 11) is -2.36. The lowest BCUT2D eigenvalue weighted by molar-refractivity contribution is -0.119. The molecule has 0 saturated heterocycles. The minimum atomic E-state index is -3.99. The summed E-state index contributed by atoms with van der Waals surface area (Å²) in [5.74, 6) is 0.399. The minimum Gasteiger partial charge on any atom is -0.497 e. The second-order valence-electron chi connectivity index (χ2n) is 8.01. The number of ether oxygens (including phenoxy) is 1. The third-order valence-corrected chi connectivity index (χ3v) is 7.69. The lowest BCUT2D eigenvalue weighted by atomic mass is 10.1. The maximum atomic E-state index is 13.5. The Bertz CT molecular complexity index is 1240. The number of rotatable bonds is 10. The average Bonchev–Trinajstić information content (AvgIpc) is 2.82. The molecule has 0 aliphatic carbocycles. The van der Waals surface area contributed by atoms with Crippen molar-refractivity contribution in [1.29, 1.82) is 0 Å². The van der Waals surface area contributed by atoms with Crippen molar-refractivity contribution in [3.8, 4) is 5.75 Å². The van der Waals surface area contributed by atoms with E-state index in [9.17, 15) is 13.2 Å². The van der Waals surface area contributed by atoms with Crippen LogP contribution in [0.1, 0.15) is 23.1 Å². The number of carbonyl (C=O) groups is 1. The van der Waals surface area contributed by atoms with E-state index in [0.29, 0.717) is 29.2 Å². The van der Waals surface area contributed by atoms with Gasteiger partial charge < -0.3 is 10.1 Å². The van der Waals surface area contributed by atoms with Crippen molar-refractivity contribution in [2.45, 2.75) is 31.6 Å². The van der Waals surface area contributed by atoms with E-state index in [1.165, 1.54) is 0 Å². The number of sulfonamides is 1.